The summed E-state index contributed by atoms with van der Waals surface area (Å²) in [6, 6.07) is 5.33. The molecule has 0 spiro atoms. The average molecular weight is 417 g/mol. The van der Waals surface area contributed by atoms with Crippen LogP contribution < -0.4 is 15.8 Å². The van der Waals surface area contributed by atoms with Crippen molar-refractivity contribution in [3.05, 3.63) is 28.2 Å². The van der Waals surface area contributed by atoms with Crippen LogP contribution >= 0.6 is 23.2 Å². The van der Waals surface area contributed by atoms with Crippen LogP contribution in [0.25, 0.3) is 0 Å². The van der Waals surface area contributed by atoms with Crippen LogP contribution in [0.1, 0.15) is 26.2 Å². The molecule has 0 bridgehead atoms. The first-order chi connectivity index (χ1) is 13.0. The number of nitrogens with zero attached hydrogens (tertiary/aromatic N) is 2. The molecule has 2 rings (SSSR count). The number of rotatable bonds is 7. The van der Waals surface area contributed by atoms with Gasteiger partial charge in [-0.25, -0.2) is 4.79 Å². The molecular formula is C18H26Cl2N4O3. The molecule has 0 aromatic heterocycles. The first-order valence-corrected chi connectivity index (χ1v) is 9.81. The monoisotopic (exact) mass is 416 g/mol. The normalized spacial score (nSPS) is 15.5. The van der Waals surface area contributed by atoms with Crippen molar-refractivity contribution in [2.24, 2.45) is 10.7 Å². The lowest BCUT2D eigenvalue weighted by atomic mass is 10.1. The zero-order chi connectivity index (χ0) is 19.6. The number of benzene rings is 1. The molecule has 0 saturated carbocycles. The molecule has 1 fully saturated rings. The minimum atomic E-state index is -0.252. The van der Waals surface area contributed by atoms with Crippen molar-refractivity contribution in [3.63, 3.8) is 0 Å². The largest absolute Gasteiger partial charge is 0.492 e. The van der Waals surface area contributed by atoms with E-state index >= 15 is 0 Å². The number of halogens is 2. The van der Waals surface area contributed by atoms with Crippen LogP contribution in [0.3, 0.4) is 0 Å². The van der Waals surface area contributed by atoms with Crippen LogP contribution in [0.15, 0.2) is 23.2 Å². The number of carbonyl (C=O) groups is 1. The molecule has 1 amide bonds. The van der Waals surface area contributed by atoms with Crippen molar-refractivity contribution in [2.75, 3.05) is 32.8 Å². The molecule has 1 aliphatic heterocycles. The van der Waals surface area contributed by atoms with Gasteiger partial charge in [-0.2, -0.15) is 0 Å². The van der Waals surface area contributed by atoms with Gasteiger partial charge in [-0.05, 0) is 38.0 Å². The summed E-state index contributed by atoms with van der Waals surface area (Å²) >= 11 is 11.9. The van der Waals surface area contributed by atoms with Crippen molar-refractivity contribution >= 4 is 35.3 Å². The molecule has 0 atom stereocenters. The summed E-state index contributed by atoms with van der Waals surface area (Å²) in [6.07, 6.45) is 2.08. The van der Waals surface area contributed by atoms with Gasteiger partial charge in [0.05, 0.1) is 18.2 Å². The minimum absolute atomic E-state index is 0.212. The van der Waals surface area contributed by atoms with Gasteiger partial charge in [-0.15, -0.1) is 0 Å². The van der Waals surface area contributed by atoms with E-state index in [1.807, 2.05) is 0 Å². The van der Waals surface area contributed by atoms with Crippen LogP contribution in [-0.2, 0) is 4.74 Å². The first kappa shape index (κ1) is 21.4. The predicted octanol–water partition coefficient (Wildman–Crippen LogP) is 3.29. The van der Waals surface area contributed by atoms with Crippen molar-refractivity contribution in [2.45, 2.75) is 32.2 Å². The zero-order valence-corrected chi connectivity index (χ0v) is 16.9. The quantitative estimate of drug-likeness (QED) is 0.404. The van der Waals surface area contributed by atoms with Crippen LogP contribution in [0.2, 0.25) is 10.0 Å². The van der Waals surface area contributed by atoms with Gasteiger partial charge in [0.2, 0.25) is 0 Å². The molecule has 27 heavy (non-hydrogen) atoms. The maximum atomic E-state index is 11.7. The third-order valence-electron chi connectivity index (χ3n) is 4.11. The molecule has 150 valence electrons. The van der Waals surface area contributed by atoms with Crippen molar-refractivity contribution in [1.29, 1.82) is 0 Å². The van der Waals surface area contributed by atoms with Gasteiger partial charge in [0.1, 0.15) is 5.75 Å². The van der Waals surface area contributed by atoms with E-state index in [-0.39, 0.29) is 12.1 Å². The number of aliphatic imine (C=N–C) groups is 1. The molecule has 1 aromatic carbocycles. The Hall–Kier alpha value is -1.86. The summed E-state index contributed by atoms with van der Waals surface area (Å²) in [4.78, 5) is 17.7. The Morgan fingerprint density at radius 1 is 1.37 bits per heavy atom. The Labute approximate surface area is 169 Å². The summed E-state index contributed by atoms with van der Waals surface area (Å²) < 4.78 is 10.6. The van der Waals surface area contributed by atoms with Gasteiger partial charge in [-0.3, -0.25) is 4.99 Å². The highest BCUT2D eigenvalue weighted by Crippen LogP contribution is 2.27. The number of ether oxygens (including phenoxy) is 2. The van der Waals surface area contributed by atoms with Gasteiger partial charge in [-0.1, -0.05) is 23.2 Å². The van der Waals surface area contributed by atoms with E-state index in [9.17, 15) is 4.79 Å². The smallest absolute Gasteiger partial charge is 0.409 e. The fourth-order valence-electron chi connectivity index (χ4n) is 2.71. The zero-order valence-electron chi connectivity index (χ0n) is 15.4. The number of carbonyl (C=O) groups excluding carboxylic acids is 1. The van der Waals surface area contributed by atoms with Gasteiger partial charge in [0.15, 0.2) is 5.96 Å². The predicted molar refractivity (Wildman–Crippen MR) is 108 cm³/mol. The van der Waals surface area contributed by atoms with E-state index in [1.54, 1.807) is 30.0 Å². The molecule has 1 heterocycles. The summed E-state index contributed by atoms with van der Waals surface area (Å²) in [5.41, 5.74) is 5.94. The molecule has 7 nitrogen and oxygen atoms in total. The van der Waals surface area contributed by atoms with Gasteiger partial charge >= 0.3 is 6.09 Å². The number of hydrogen-bond donors (Lipinski definition) is 2. The molecule has 0 aliphatic carbocycles. The van der Waals surface area contributed by atoms with Crippen LogP contribution in [0.5, 0.6) is 5.75 Å². The second kappa shape index (κ2) is 11.1. The number of amides is 1. The number of nitrogens with two attached hydrogens (primary N) is 1. The van der Waals surface area contributed by atoms with Crippen molar-refractivity contribution in [1.82, 2.24) is 10.2 Å². The topological polar surface area (TPSA) is 89.2 Å². The maximum absolute atomic E-state index is 11.7. The van der Waals surface area contributed by atoms with Gasteiger partial charge < -0.3 is 25.4 Å². The van der Waals surface area contributed by atoms with Crippen LogP contribution in [-0.4, -0.2) is 55.8 Å². The van der Waals surface area contributed by atoms with E-state index in [4.69, 9.17) is 38.4 Å². The average Bonchev–Trinajstić information content (AvgIpc) is 2.64. The Balaban J connectivity index is 1.63. The lowest BCUT2D eigenvalue weighted by molar-refractivity contribution is 0.0963. The fourth-order valence-corrected chi connectivity index (χ4v) is 3.18. The fraction of sp³-hybridized carbons (Fsp3) is 0.556. The van der Waals surface area contributed by atoms with Gasteiger partial charge in [0.25, 0.3) is 0 Å². The second-order valence-electron chi connectivity index (χ2n) is 6.15. The molecule has 0 radical (unpaired) electrons. The Morgan fingerprint density at radius 3 is 2.78 bits per heavy atom. The number of likely N-dealkylation sites (tertiary alicyclic amines) is 1. The highest BCUT2D eigenvalue weighted by Gasteiger charge is 2.23. The Bertz CT molecular complexity index is 649. The number of guanidine groups is 1. The van der Waals surface area contributed by atoms with Crippen molar-refractivity contribution in [3.8, 4) is 5.75 Å². The highest BCUT2D eigenvalue weighted by atomic mass is 35.5. The summed E-state index contributed by atoms with van der Waals surface area (Å²) in [6.45, 7) is 4.53. The van der Waals surface area contributed by atoms with Crippen molar-refractivity contribution < 1.29 is 14.3 Å². The minimum Gasteiger partial charge on any atom is -0.492 e. The molecule has 1 saturated heterocycles. The van der Waals surface area contributed by atoms with E-state index < -0.39 is 0 Å². The molecule has 3 N–H and O–H groups in total. The summed E-state index contributed by atoms with van der Waals surface area (Å²) in [5.74, 6) is 1.01. The molecule has 0 unspecified atom stereocenters. The summed E-state index contributed by atoms with van der Waals surface area (Å²) in [7, 11) is 0. The van der Waals surface area contributed by atoms with E-state index in [0.717, 1.165) is 12.8 Å². The van der Waals surface area contributed by atoms with Crippen LogP contribution in [0, 0.1) is 0 Å². The number of hydrogen-bond acceptors (Lipinski definition) is 4. The molecular weight excluding hydrogens is 391 g/mol. The first-order valence-electron chi connectivity index (χ1n) is 9.05. The van der Waals surface area contributed by atoms with E-state index in [1.165, 1.54) is 0 Å². The number of piperidine rings is 1. The SMILES string of the molecule is CCOC(=O)N1CCC(NC(N)=NCCCOc2ccc(Cl)cc2Cl)CC1. The van der Waals surface area contributed by atoms with E-state index in [0.29, 0.717) is 61.0 Å². The summed E-state index contributed by atoms with van der Waals surface area (Å²) in [5, 5.41) is 4.27. The Morgan fingerprint density at radius 2 is 2.11 bits per heavy atom. The standard InChI is InChI=1S/C18H26Cl2N4O3/c1-2-26-18(25)24-9-6-14(7-10-24)23-17(21)22-8-3-11-27-16-5-4-13(19)12-15(16)20/h4-5,12,14H,2-3,6-11H2,1H3,(H3,21,22,23). The molecule has 1 aliphatic rings. The van der Waals surface area contributed by atoms with Gasteiger partial charge in [0, 0.05) is 37.1 Å². The third-order valence-corrected chi connectivity index (χ3v) is 4.64. The Kier molecular flexibility index (Phi) is 8.81. The lowest BCUT2D eigenvalue weighted by Gasteiger charge is -2.31. The number of nitrogens with one attached hydrogen (secondary N) is 1. The lowest BCUT2D eigenvalue weighted by Crippen LogP contribution is -2.48. The molecule has 9 heteroatoms. The molecule has 1 aromatic rings. The van der Waals surface area contributed by atoms with Crippen LogP contribution in [0.4, 0.5) is 4.79 Å². The van der Waals surface area contributed by atoms with E-state index in [2.05, 4.69) is 10.3 Å². The third kappa shape index (κ3) is 7.34. The maximum Gasteiger partial charge on any atom is 0.409 e. The highest BCUT2D eigenvalue weighted by molar-refractivity contribution is 6.35. The second-order valence-corrected chi connectivity index (χ2v) is 6.99.